The minimum Gasteiger partial charge on any atom is -0.358 e. The average molecular weight is 239 g/mol. The smallest absolute Gasteiger partial charge is 0.187 e. The zero-order chi connectivity index (χ0) is 11.1. The van der Waals surface area contributed by atoms with Crippen LogP contribution in [0.3, 0.4) is 0 Å². The Bertz CT molecular complexity index is 355. The molecular weight excluding hydrogens is 226 g/mol. The molecule has 0 aliphatic carbocycles. The van der Waals surface area contributed by atoms with E-state index in [0.717, 1.165) is 10.6 Å². The van der Waals surface area contributed by atoms with E-state index in [1.54, 1.807) is 17.4 Å². The van der Waals surface area contributed by atoms with Crippen LogP contribution in [0.4, 0.5) is 0 Å². The maximum atomic E-state index is 4.99. The van der Waals surface area contributed by atoms with Crippen molar-refractivity contribution >= 4 is 34.4 Å². The number of nitrogens with one attached hydrogen (secondary N) is 2. The molecule has 0 fully saturated rings. The average Bonchev–Trinajstić information content (AvgIpc) is 2.76. The van der Waals surface area contributed by atoms with Crippen molar-refractivity contribution in [3.63, 3.8) is 0 Å². The van der Waals surface area contributed by atoms with Gasteiger partial charge in [0.25, 0.3) is 0 Å². The highest BCUT2D eigenvalue weighted by molar-refractivity contribution is 7.80. The first-order chi connectivity index (χ1) is 7.24. The third-order valence-corrected chi connectivity index (χ3v) is 2.82. The number of nitrogens with zero attached hydrogens (tertiary/aromatic N) is 1. The Morgan fingerprint density at radius 3 is 3.13 bits per heavy atom. The lowest BCUT2D eigenvalue weighted by Gasteiger charge is -2.04. The third-order valence-electron chi connectivity index (χ3n) is 1.61. The molecule has 0 radical (unpaired) electrons. The minimum absolute atomic E-state index is 0.505. The lowest BCUT2D eigenvalue weighted by atomic mass is 10.3. The summed E-state index contributed by atoms with van der Waals surface area (Å²) in [5, 5.41) is 9.61. The minimum atomic E-state index is 0.505. The van der Waals surface area contributed by atoms with E-state index in [1.165, 1.54) is 0 Å². The van der Waals surface area contributed by atoms with Crippen molar-refractivity contribution in [1.29, 1.82) is 0 Å². The Hall–Kier alpha value is -1.20. The summed E-state index contributed by atoms with van der Waals surface area (Å²) < 4.78 is 0. The first kappa shape index (κ1) is 11.9. The number of thiophene rings is 1. The lowest BCUT2D eigenvalue weighted by Crippen LogP contribution is -2.32. The van der Waals surface area contributed by atoms with Crippen molar-refractivity contribution < 1.29 is 0 Å². The van der Waals surface area contributed by atoms with Crippen LogP contribution in [-0.4, -0.2) is 17.4 Å². The normalized spacial score (nSPS) is 10.9. The summed E-state index contributed by atoms with van der Waals surface area (Å²) in [7, 11) is 0. The van der Waals surface area contributed by atoms with E-state index in [0.29, 0.717) is 11.7 Å². The van der Waals surface area contributed by atoms with Gasteiger partial charge in [0.1, 0.15) is 0 Å². The highest BCUT2D eigenvalue weighted by Gasteiger charge is 1.97. The zero-order valence-electron chi connectivity index (χ0n) is 8.49. The molecule has 0 saturated carbocycles. The predicted octanol–water partition coefficient (Wildman–Crippen LogP) is 2.12. The van der Waals surface area contributed by atoms with Gasteiger partial charge in [-0.3, -0.25) is 5.43 Å². The van der Waals surface area contributed by atoms with Gasteiger partial charge in [-0.15, -0.1) is 17.9 Å². The molecule has 0 saturated heterocycles. The molecule has 0 spiro atoms. The van der Waals surface area contributed by atoms with Gasteiger partial charge >= 0.3 is 0 Å². The molecule has 0 unspecified atom stereocenters. The predicted molar refractivity (Wildman–Crippen MR) is 70.5 cm³/mol. The number of hydrazone groups is 1. The quantitative estimate of drug-likeness (QED) is 0.366. The summed E-state index contributed by atoms with van der Waals surface area (Å²) in [6, 6.07) is 4.01. The van der Waals surface area contributed by atoms with Gasteiger partial charge < -0.3 is 5.32 Å². The van der Waals surface area contributed by atoms with Gasteiger partial charge in [-0.05, 0) is 30.6 Å². The molecule has 0 amide bonds. The second kappa shape index (κ2) is 6.31. The summed E-state index contributed by atoms with van der Waals surface area (Å²) in [5.74, 6) is 0. The lowest BCUT2D eigenvalue weighted by molar-refractivity contribution is 0.937. The van der Waals surface area contributed by atoms with Gasteiger partial charge in [-0.25, -0.2) is 0 Å². The van der Waals surface area contributed by atoms with Crippen LogP contribution in [0.1, 0.15) is 11.8 Å². The Morgan fingerprint density at radius 1 is 1.73 bits per heavy atom. The second-order valence-corrected chi connectivity index (χ2v) is 4.14. The molecule has 5 heteroatoms. The molecule has 2 N–H and O–H groups in total. The fourth-order valence-electron chi connectivity index (χ4n) is 0.879. The second-order valence-electron chi connectivity index (χ2n) is 2.79. The van der Waals surface area contributed by atoms with E-state index < -0.39 is 0 Å². The van der Waals surface area contributed by atoms with Crippen LogP contribution in [0.25, 0.3) is 0 Å². The van der Waals surface area contributed by atoms with Crippen molar-refractivity contribution in [2.75, 3.05) is 6.54 Å². The van der Waals surface area contributed by atoms with Gasteiger partial charge in [0.2, 0.25) is 0 Å². The molecule has 0 bridgehead atoms. The van der Waals surface area contributed by atoms with E-state index in [2.05, 4.69) is 22.4 Å². The van der Waals surface area contributed by atoms with Crippen LogP contribution in [0.2, 0.25) is 0 Å². The van der Waals surface area contributed by atoms with E-state index in [-0.39, 0.29) is 0 Å². The van der Waals surface area contributed by atoms with E-state index in [4.69, 9.17) is 12.2 Å². The summed E-state index contributed by atoms with van der Waals surface area (Å²) >= 11 is 6.64. The Labute approximate surface area is 98.9 Å². The Morgan fingerprint density at radius 2 is 2.53 bits per heavy atom. The molecular formula is C10H13N3S2. The van der Waals surface area contributed by atoms with Crippen LogP contribution >= 0.6 is 23.6 Å². The Kier molecular flexibility index (Phi) is 5.00. The van der Waals surface area contributed by atoms with Gasteiger partial charge in [0.05, 0.1) is 5.71 Å². The Balaban J connectivity index is 2.44. The molecule has 0 aliphatic heterocycles. The van der Waals surface area contributed by atoms with Gasteiger partial charge in [-0.2, -0.15) is 5.10 Å². The molecule has 1 heterocycles. The van der Waals surface area contributed by atoms with Crippen molar-refractivity contribution in [1.82, 2.24) is 10.7 Å². The molecule has 0 aromatic carbocycles. The maximum absolute atomic E-state index is 4.99. The SMILES string of the molecule is C=CCNC(=S)N/N=C(\C)c1cccs1. The monoisotopic (exact) mass is 239 g/mol. The number of thiocarbonyl (C=S) groups is 1. The standard InChI is InChI=1S/C10H13N3S2/c1-3-6-11-10(14)13-12-8(2)9-5-4-7-15-9/h3-5,7H,1,6H2,2H3,(H2,11,13,14)/b12-8+. The fourth-order valence-corrected chi connectivity index (χ4v) is 1.68. The maximum Gasteiger partial charge on any atom is 0.187 e. The van der Waals surface area contributed by atoms with Gasteiger partial charge in [0.15, 0.2) is 5.11 Å². The van der Waals surface area contributed by atoms with Crippen LogP contribution in [0, 0.1) is 0 Å². The first-order valence-corrected chi connectivity index (χ1v) is 5.75. The highest BCUT2D eigenvalue weighted by atomic mass is 32.1. The van der Waals surface area contributed by atoms with Gasteiger partial charge in [0, 0.05) is 11.4 Å². The van der Waals surface area contributed by atoms with Crippen molar-refractivity contribution in [2.24, 2.45) is 5.10 Å². The molecule has 15 heavy (non-hydrogen) atoms. The largest absolute Gasteiger partial charge is 0.358 e. The number of rotatable bonds is 4. The molecule has 0 aliphatic rings. The molecule has 1 rings (SSSR count). The van der Waals surface area contributed by atoms with Crippen LogP contribution in [0.5, 0.6) is 0 Å². The van der Waals surface area contributed by atoms with E-state index in [9.17, 15) is 0 Å². The summed E-state index contributed by atoms with van der Waals surface area (Å²) in [6.45, 7) is 6.16. The number of hydrogen-bond acceptors (Lipinski definition) is 3. The van der Waals surface area contributed by atoms with Crippen molar-refractivity contribution in [2.45, 2.75) is 6.92 Å². The van der Waals surface area contributed by atoms with E-state index >= 15 is 0 Å². The van der Waals surface area contributed by atoms with Crippen LogP contribution < -0.4 is 10.7 Å². The summed E-state index contributed by atoms with van der Waals surface area (Å²) in [5.41, 5.74) is 3.70. The molecule has 1 aromatic heterocycles. The van der Waals surface area contributed by atoms with Crippen molar-refractivity contribution in [3.8, 4) is 0 Å². The van der Waals surface area contributed by atoms with Crippen molar-refractivity contribution in [3.05, 3.63) is 35.0 Å². The fraction of sp³-hybridized carbons (Fsp3) is 0.200. The van der Waals surface area contributed by atoms with Crippen LogP contribution in [-0.2, 0) is 0 Å². The zero-order valence-corrected chi connectivity index (χ0v) is 10.1. The van der Waals surface area contributed by atoms with E-state index in [1.807, 2.05) is 24.4 Å². The molecule has 0 atom stereocenters. The van der Waals surface area contributed by atoms with Crippen LogP contribution in [0.15, 0.2) is 35.3 Å². The van der Waals surface area contributed by atoms with Gasteiger partial charge in [-0.1, -0.05) is 12.1 Å². The highest BCUT2D eigenvalue weighted by Crippen LogP contribution is 2.08. The topological polar surface area (TPSA) is 36.4 Å². The molecule has 1 aromatic rings. The first-order valence-electron chi connectivity index (χ1n) is 4.47. The summed E-state index contributed by atoms with van der Waals surface area (Å²) in [4.78, 5) is 1.13. The molecule has 80 valence electrons. The number of hydrogen-bond donors (Lipinski definition) is 2. The molecule has 3 nitrogen and oxygen atoms in total. The third kappa shape index (κ3) is 4.22. The summed E-state index contributed by atoms with van der Waals surface area (Å²) in [6.07, 6.45) is 1.74.